The molecular formula is C37H40O8. The fourth-order valence-electron chi connectivity index (χ4n) is 5.14. The Labute approximate surface area is 264 Å². The third-order valence-corrected chi connectivity index (χ3v) is 7.44. The highest BCUT2D eigenvalue weighted by Gasteiger charge is 2.49. The lowest BCUT2D eigenvalue weighted by atomic mass is 9.97. The molecule has 0 aliphatic carbocycles. The minimum Gasteiger partial charge on any atom is -0.481 e. The highest BCUT2D eigenvalue weighted by molar-refractivity contribution is 5.66. The number of hydrogen-bond donors (Lipinski definition) is 1. The normalized spacial score (nSPS) is 21.4. The summed E-state index contributed by atoms with van der Waals surface area (Å²) >= 11 is 0. The molecule has 8 heteroatoms. The van der Waals surface area contributed by atoms with Gasteiger partial charge in [0.15, 0.2) is 6.29 Å². The van der Waals surface area contributed by atoms with Crippen LogP contribution in [0, 0.1) is 0 Å². The summed E-state index contributed by atoms with van der Waals surface area (Å²) in [7, 11) is 0. The zero-order chi connectivity index (χ0) is 31.1. The number of carboxylic acids is 1. The molecule has 1 unspecified atom stereocenters. The molecule has 8 nitrogen and oxygen atoms in total. The molecule has 5 atom stereocenters. The summed E-state index contributed by atoms with van der Waals surface area (Å²) < 4.78 is 38.5. The van der Waals surface area contributed by atoms with Gasteiger partial charge in [0.05, 0.1) is 46.1 Å². The highest BCUT2D eigenvalue weighted by Crippen LogP contribution is 2.31. The van der Waals surface area contributed by atoms with Gasteiger partial charge in [0.1, 0.15) is 24.4 Å². The molecule has 1 N–H and O–H groups in total. The summed E-state index contributed by atoms with van der Waals surface area (Å²) in [6.07, 6.45) is -3.64. The topological polar surface area (TPSA) is 92.7 Å². The molecule has 1 heterocycles. The van der Waals surface area contributed by atoms with Crippen LogP contribution in [0.1, 0.15) is 28.7 Å². The van der Waals surface area contributed by atoms with E-state index in [1.807, 2.05) is 121 Å². The van der Waals surface area contributed by atoms with E-state index >= 15 is 0 Å². The quantitative estimate of drug-likeness (QED) is 0.151. The van der Waals surface area contributed by atoms with E-state index in [1.54, 1.807) is 0 Å². The monoisotopic (exact) mass is 612 g/mol. The van der Waals surface area contributed by atoms with Crippen molar-refractivity contribution in [1.29, 1.82) is 0 Å². The average Bonchev–Trinajstić information content (AvgIpc) is 3.08. The number of hydrogen-bond acceptors (Lipinski definition) is 7. The van der Waals surface area contributed by atoms with E-state index in [0.29, 0.717) is 19.8 Å². The molecule has 0 aromatic heterocycles. The second-order valence-electron chi connectivity index (χ2n) is 10.8. The predicted octanol–water partition coefficient (Wildman–Crippen LogP) is 6.18. The summed E-state index contributed by atoms with van der Waals surface area (Å²) in [5.41, 5.74) is 4.00. The predicted molar refractivity (Wildman–Crippen MR) is 168 cm³/mol. The Morgan fingerprint density at radius 2 is 0.978 bits per heavy atom. The third kappa shape index (κ3) is 10.3. The first-order valence-electron chi connectivity index (χ1n) is 15.2. The number of carboxylic acid groups (broad SMARTS) is 1. The minimum atomic E-state index is -0.962. The Morgan fingerprint density at radius 3 is 1.44 bits per heavy atom. The minimum absolute atomic E-state index is 0.0519. The standard InChI is InChI=1S/C37H40O8/c38-33(39)21-22-41-37-36(44-26-31-19-11-4-12-20-31)35(43-25-30-17-9-3-10-18-30)34(42-24-29-15-7-2-8-16-29)32(45-37)27-40-23-28-13-5-1-6-14-28/h1-20,32,34-37H,21-27H2,(H,38,39)/t32-,34-,35+,36+,37?/m1/s1. The molecule has 0 spiro atoms. The van der Waals surface area contributed by atoms with Crippen molar-refractivity contribution in [2.75, 3.05) is 13.2 Å². The van der Waals surface area contributed by atoms with E-state index in [2.05, 4.69) is 0 Å². The Kier molecular flexibility index (Phi) is 12.7. The molecule has 1 fully saturated rings. The second-order valence-corrected chi connectivity index (χ2v) is 10.8. The zero-order valence-corrected chi connectivity index (χ0v) is 25.2. The van der Waals surface area contributed by atoms with E-state index in [-0.39, 0.29) is 26.2 Å². The van der Waals surface area contributed by atoms with Crippen LogP contribution in [0.2, 0.25) is 0 Å². The lowest BCUT2D eigenvalue weighted by molar-refractivity contribution is -0.328. The summed E-state index contributed by atoms with van der Waals surface area (Å²) in [4.78, 5) is 11.4. The number of benzene rings is 4. The molecule has 1 saturated heterocycles. The van der Waals surface area contributed by atoms with Crippen molar-refractivity contribution >= 4 is 5.97 Å². The third-order valence-electron chi connectivity index (χ3n) is 7.44. The molecule has 4 aromatic carbocycles. The maximum atomic E-state index is 11.4. The summed E-state index contributed by atoms with van der Waals surface area (Å²) in [5.74, 6) is -0.962. The van der Waals surface area contributed by atoms with Crippen molar-refractivity contribution in [2.24, 2.45) is 0 Å². The van der Waals surface area contributed by atoms with Crippen LogP contribution in [-0.4, -0.2) is 55.0 Å². The van der Waals surface area contributed by atoms with E-state index in [9.17, 15) is 9.90 Å². The van der Waals surface area contributed by atoms with Gasteiger partial charge in [0.2, 0.25) is 0 Å². The van der Waals surface area contributed by atoms with E-state index in [1.165, 1.54) is 0 Å². The molecule has 0 bridgehead atoms. The molecule has 45 heavy (non-hydrogen) atoms. The molecule has 0 saturated carbocycles. The number of aliphatic carboxylic acids is 1. The van der Waals surface area contributed by atoms with Crippen molar-refractivity contribution in [3.05, 3.63) is 144 Å². The van der Waals surface area contributed by atoms with Gasteiger partial charge in [-0.15, -0.1) is 0 Å². The SMILES string of the molecule is O=C(O)CCOC1O[C@H](COCc2ccccc2)[C@@H](OCc2ccccc2)[C@H](OCc2ccccc2)[C@@H]1OCc1ccccc1. The first-order chi connectivity index (χ1) is 22.2. The largest absolute Gasteiger partial charge is 0.481 e. The van der Waals surface area contributed by atoms with Gasteiger partial charge in [0.25, 0.3) is 0 Å². The Morgan fingerprint density at radius 1 is 0.556 bits per heavy atom. The lowest BCUT2D eigenvalue weighted by Gasteiger charge is -2.45. The molecule has 0 amide bonds. The van der Waals surface area contributed by atoms with Gasteiger partial charge in [-0.1, -0.05) is 121 Å². The molecule has 4 aromatic rings. The van der Waals surface area contributed by atoms with Gasteiger partial charge in [0, 0.05) is 0 Å². The fraction of sp³-hybridized carbons (Fsp3) is 0.324. The summed E-state index contributed by atoms with van der Waals surface area (Å²) in [5, 5.41) is 9.30. The molecule has 1 aliphatic heterocycles. The molecule has 1 aliphatic rings. The zero-order valence-electron chi connectivity index (χ0n) is 25.2. The van der Waals surface area contributed by atoms with Crippen LogP contribution in [-0.2, 0) is 59.6 Å². The van der Waals surface area contributed by atoms with Gasteiger partial charge in [-0.25, -0.2) is 0 Å². The van der Waals surface area contributed by atoms with Crippen LogP contribution in [0.25, 0.3) is 0 Å². The van der Waals surface area contributed by atoms with Gasteiger partial charge >= 0.3 is 5.97 Å². The first-order valence-corrected chi connectivity index (χ1v) is 15.2. The van der Waals surface area contributed by atoms with Gasteiger partial charge in [-0.05, 0) is 22.3 Å². The van der Waals surface area contributed by atoms with Crippen LogP contribution in [0.15, 0.2) is 121 Å². The van der Waals surface area contributed by atoms with Crippen LogP contribution in [0.3, 0.4) is 0 Å². The fourth-order valence-corrected chi connectivity index (χ4v) is 5.14. The van der Waals surface area contributed by atoms with Gasteiger partial charge < -0.3 is 33.5 Å². The van der Waals surface area contributed by atoms with E-state index in [4.69, 9.17) is 28.4 Å². The van der Waals surface area contributed by atoms with Crippen LogP contribution in [0.4, 0.5) is 0 Å². The maximum absolute atomic E-state index is 11.4. The Hall–Kier alpha value is -3.89. The Bertz CT molecular complexity index is 1390. The van der Waals surface area contributed by atoms with Crippen LogP contribution < -0.4 is 0 Å². The van der Waals surface area contributed by atoms with Crippen molar-refractivity contribution in [3.63, 3.8) is 0 Å². The molecule has 236 valence electrons. The number of rotatable bonds is 17. The van der Waals surface area contributed by atoms with Crippen LogP contribution >= 0.6 is 0 Å². The Balaban J connectivity index is 1.42. The molecule has 5 rings (SSSR count). The van der Waals surface area contributed by atoms with Crippen molar-refractivity contribution in [1.82, 2.24) is 0 Å². The summed E-state index contributed by atoms with van der Waals surface area (Å²) in [6.45, 7) is 1.44. The first kappa shape index (κ1) is 32.5. The van der Waals surface area contributed by atoms with E-state index < -0.39 is 36.7 Å². The van der Waals surface area contributed by atoms with Gasteiger partial charge in [-0.2, -0.15) is 0 Å². The maximum Gasteiger partial charge on any atom is 0.305 e. The van der Waals surface area contributed by atoms with Crippen LogP contribution in [0.5, 0.6) is 0 Å². The smallest absolute Gasteiger partial charge is 0.305 e. The highest BCUT2D eigenvalue weighted by atomic mass is 16.7. The lowest BCUT2D eigenvalue weighted by Crippen LogP contribution is -2.61. The van der Waals surface area contributed by atoms with Crippen molar-refractivity contribution in [2.45, 2.75) is 63.6 Å². The average molecular weight is 613 g/mol. The number of carbonyl (C=O) groups is 1. The summed E-state index contributed by atoms with van der Waals surface area (Å²) in [6, 6.07) is 39.5. The molecule has 0 radical (unpaired) electrons. The van der Waals surface area contributed by atoms with Crippen molar-refractivity contribution < 1.29 is 38.3 Å². The van der Waals surface area contributed by atoms with Gasteiger partial charge in [-0.3, -0.25) is 4.79 Å². The van der Waals surface area contributed by atoms with Crippen molar-refractivity contribution in [3.8, 4) is 0 Å². The molecular weight excluding hydrogens is 572 g/mol. The second kappa shape index (κ2) is 17.6. The number of ether oxygens (including phenoxy) is 6. The van der Waals surface area contributed by atoms with E-state index in [0.717, 1.165) is 22.3 Å².